The lowest BCUT2D eigenvalue weighted by Crippen LogP contribution is -2.30. The van der Waals surface area contributed by atoms with E-state index in [9.17, 15) is 4.79 Å². The first kappa shape index (κ1) is 16.3. The average molecular weight is 248 g/mol. The minimum Gasteiger partial charge on any atom is -0.480 e. The molecule has 4 N–H and O–H groups in total. The van der Waals surface area contributed by atoms with Crippen LogP contribution in [0.3, 0.4) is 0 Å². The van der Waals surface area contributed by atoms with Gasteiger partial charge >= 0.3 is 5.97 Å². The molecule has 0 aliphatic carbocycles. The van der Waals surface area contributed by atoms with Gasteiger partial charge in [-0.25, -0.2) is 0 Å². The van der Waals surface area contributed by atoms with Crippen LogP contribution in [0.15, 0.2) is 0 Å². The molecule has 0 rings (SSSR count). The standard InChI is InChI=1S/C11H24N2O4/c1-16-8-9-17-7-6-13-5-3-2-4-10(12)11(14)15/h10,13H,2-9,12H2,1H3,(H,14,15). The first-order valence-electron chi connectivity index (χ1n) is 5.94. The Morgan fingerprint density at radius 1 is 1.29 bits per heavy atom. The molecule has 102 valence electrons. The van der Waals surface area contributed by atoms with E-state index in [-0.39, 0.29) is 0 Å². The van der Waals surface area contributed by atoms with Gasteiger partial charge in [-0.15, -0.1) is 0 Å². The zero-order chi connectivity index (χ0) is 12.9. The third-order valence-electron chi connectivity index (χ3n) is 2.29. The fourth-order valence-corrected chi connectivity index (χ4v) is 1.25. The quantitative estimate of drug-likeness (QED) is 0.415. The van der Waals surface area contributed by atoms with Gasteiger partial charge in [-0.1, -0.05) is 6.42 Å². The van der Waals surface area contributed by atoms with Crippen molar-refractivity contribution < 1.29 is 19.4 Å². The average Bonchev–Trinajstić information content (AvgIpc) is 2.31. The van der Waals surface area contributed by atoms with E-state index in [0.29, 0.717) is 26.2 Å². The maximum absolute atomic E-state index is 10.4. The van der Waals surface area contributed by atoms with Crippen LogP contribution in [0.5, 0.6) is 0 Å². The molecule has 6 nitrogen and oxygen atoms in total. The van der Waals surface area contributed by atoms with Gasteiger partial charge in [0.2, 0.25) is 0 Å². The van der Waals surface area contributed by atoms with Crippen molar-refractivity contribution in [2.75, 3.05) is 40.0 Å². The largest absolute Gasteiger partial charge is 0.480 e. The normalized spacial score (nSPS) is 12.6. The van der Waals surface area contributed by atoms with Crippen LogP contribution in [0.4, 0.5) is 0 Å². The van der Waals surface area contributed by atoms with Gasteiger partial charge in [0, 0.05) is 13.7 Å². The molecule has 0 heterocycles. The second-order valence-corrected chi connectivity index (χ2v) is 3.80. The minimum absolute atomic E-state index is 0.529. The number of carboxylic acids is 1. The molecule has 1 unspecified atom stereocenters. The third kappa shape index (κ3) is 11.6. The molecule has 0 fully saturated rings. The van der Waals surface area contributed by atoms with E-state index in [4.69, 9.17) is 20.3 Å². The van der Waals surface area contributed by atoms with Crippen LogP contribution >= 0.6 is 0 Å². The molecule has 0 spiro atoms. The molecule has 0 amide bonds. The highest BCUT2D eigenvalue weighted by Gasteiger charge is 2.09. The van der Waals surface area contributed by atoms with Crippen LogP contribution in [0.25, 0.3) is 0 Å². The monoisotopic (exact) mass is 248 g/mol. The van der Waals surface area contributed by atoms with Gasteiger partial charge in [0.1, 0.15) is 6.04 Å². The van der Waals surface area contributed by atoms with E-state index < -0.39 is 12.0 Å². The van der Waals surface area contributed by atoms with Crippen molar-refractivity contribution in [3.8, 4) is 0 Å². The fourth-order valence-electron chi connectivity index (χ4n) is 1.25. The Morgan fingerprint density at radius 2 is 2.06 bits per heavy atom. The first-order chi connectivity index (χ1) is 8.18. The Morgan fingerprint density at radius 3 is 2.71 bits per heavy atom. The van der Waals surface area contributed by atoms with Crippen molar-refractivity contribution in [2.24, 2.45) is 5.73 Å². The number of aliphatic carboxylic acids is 1. The molecule has 0 aliphatic heterocycles. The lowest BCUT2D eigenvalue weighted by Gasteiger charge is -2.07. The zero-order valence-electron chi connectivity index (χ0n) is 10.5. The highest BCUT2D eigenvalue weighted by atomic mass is 16.5. The molecule has 0 aliphatic rings. The Hall–Kier alpha value is -0.690. The molecular weight excluding hydrogens is 224 g/mol. The molecule has 0 radical (unpaired) electrons. The summed E-state index contributed by atoms with van der Waals surface area (Å²) in [7, 11) is 1.64. The van der Waals surface area contributed by atoms with Crippen molar-refractivity contribution >= 4 is 5.97 Å². The van der Waals surface area contributed by atoms with E-state index in [2.05, 4.69) is 5.32 Å². The summed E-state index contributed by atoms with van der Waals surface area (Å²) in [5.74, 6) is -0.926. The van der Waals surface area contributed by atoms with E-state index >= 15 is 0 Å². The highest BCUT2D eigenvalue weighted by molar-refractivity contribution is 5.72. The van der Waals surface area contributed by atoms with Crippen LogP contribution < -0.4 is 11.1 Å². The number of ether oxygens (including phenoxy) is 2. The van der Waals surface area contributed by atoms with Crippen molar-refractivity contribution in [3.63, 3.8) is 0 Å². The van der Waals surface area contributed by atoms with Crippen molar-refractivity contribution in [1.82, 2.24) is 5.32 Å². The predicted octanol–water partition coefficient (Wildman–Crippen LogP) is -0.179. The SMILES string of the molecule is COCCOCCNCCCCC(N)C(=O)O. The number of nitrogens with two attached hydrogens (primary N) is 1. The van der Waals surface area contributed by atoms with Gasteiger partial charge in [-0.2, -0.15) is 0 Å². The summed E-state index contributed by atoms with van der Waals surface area (Å²) in [6.07, 6.45) is 2.28. The van der Waals surface area contributed by atoms with Crippen molar-refractivity contribution in [1.29, 1.82) is 0 Å². The number of hydrogen-bond acceptors (Lipinski definition) is 5. The molecule has 0 saturated heterocycles. The number of hydrogen-bond donors (Lipinski definition) is 3. The molecule has 17 heavy (non-hydrogen) atoms. The zero-order valence-corrected chi connectivity index (χ0v) is 10.5. The smallest absolute Gasteiger partial charge is 0.320 e. The number of nitrogens with one attached hydrogen (secondary N) is 1. The molecular formula is C11H24N2O4. The summed E-state index contributed by atoms with van der Waals surface area (Å²) >= 11 is 0. The number of rotatable bonds is 12. The number of carbonyl (C=O) groups is 1. The van der Waals surface area contributed by atoms with Crippen LogP contribution in [-0.4, -0.2) is 57.1 Å². The summed E-state index contributed by atoms with van der Waals surface area (Å²) in [4.78, 5) is 10.4. The van der Waals surface area contributed by atoms with Gasteiger partial charge in [-0.05, 0) is 19.4 Å². The van der Waals surface area contributed by atoms with Crippen LogP contribution in [0, 0.1) is 0 Å². The molecule has 1 atom stereocenters. The van der Waals surface area contributed by atoms with Gasteiger partial charge in [0.25, 0.3) is 0 Å². The minimum atomic E-state index is -0.926. The molecule has 0 bridgehead atoms. The maximum atomic E-state index is 10.4. The first-order valence-corrected chi connectivity index (χ1v) is 5.94. The summed E-state index contributed by atoms with van der Waals surface area (Å²) in [6, 6.07) is -0.729. The Bertz CT molecular complexity index is 190. The van der Waals surface area contributed by atoms with Gasteiger partial charge in [-0.3, -0.25) is 4.79 Å². The number of methoxy groups -OCH3 is 1. The Kier molecular flexibility index (Phi) is 11.3. The Labute approximate surface area is 102 Å². The fraction of sp³-hybridized carbons (Fsp3) is 0.909. The van der Waals surface area contributed by atoms with Crippen molar-refractivity contribution in [2.45, 2.75) is 25.3 Å². The molecule has 6 heteroatoms. The summed E-state index contributed by atoms with van der Waals surface area (Å²) < 4.78 is 10.1. The third-order valence-corrected chi connectivity index (χ3v) is 2.29. The van der Waals surface area contributed by atoms with E-state index in [1.165, 1.54) is 0 Å². The van der Waals surface area contributed by atoms with Gasteiger partial charge in [0.15, 0.2) is 0 Å². The van der Waals surface area contributed by atoms with E-state index in [1.54, 1.807) is 7.11 Å². The second-order valence-electron chi connectivity index (χ2n) is 3.80. The molecule has 0 saturated carbocycles. The summed E-state index contributed by atoms with van der Waals surface area (Å²) in [5, 5.41) is 11.8. The van der Waals surface area contributed by atoms with Crippen LogP contribution in [0.2, 0.25) is 0 Å². The van der Waals surface area contributed by atoms with Crippen molar-refractivity contribution in [3.05, 3.63) is 0 Å². The highest BCUT2D eigenvalue weighted by Crippen LogP contribution is 1.97. The lowest BCUT2D eigenvalue weighted by molar-refractivity contribution is -0.138. The summed E-state index contributed by atoms with van der Waals surface area (Å²) in [5.41, 5.74) is 5.37. The summed E-state index contributed by atoms with van der Waals surface area (Å²) in [6.45, 7) is 3.56. The van der Waals surface area contributed by atoms with Crippen LogP contribution in [0.1, 0.15) is 19.3 Å². The van der Waals surface area contributed by atoms with Crippen LogP contribution in [-0.2, 0) is 14.3 Å². The van der Waals surface area contributed by atoms with E-state index in [0.717, 1.165) is 25.9 Å². The molecule has 0 aromatic heterocycles. The number of carboxylic acid groups (broad SMARTS) is 1. The maximum Gasteiger partial charge on any atom is 0.320 e. The van der Waals surface area contributed by atoms with E-state index in [1.807, 2.05) is 0 Å². The topological polar surface area (TPSA) is 93.8 Å². The molecule has 0 aromatic rings. The Balaban J connectivity index is 3.06. The lowest BCUT2D eigenvalue weighted by atomic mass is 10.1. The van der Waals surface area contributed by atoms with Gasteiger partial charge in [0.05, 0.1) is 19.8 Å². The second kappa shape index (κ2) is 11.8. The molecule has 0 aromatic carbocycles. The van der Waals surface area contributed by atoms with Gasteiger partial charge < -0.3 is 25.6 Å². The predicted molar refractivity (Wildman–Crippen MR) is 65.0 cm³/mol. The number of unbranched alkanes of at least 4 members (excludes halogenated alkanes) is 1.